The largest absolute Gasteiger partial charge is 0.507 e. The summed E-state index contributed by atoms with van der Waals surface area (Å²) in [6.45, 7) is 6.32. The van der Waals surface area contributed by atoms with Crippen molar-refractivity contribution >= 4 is 15.9 Å². The highest BCUT2D eigenvalue weighted by Gasteiger charge is 2.24. The average molecular weight is 421 g/mol. The Morgan fingerprint density at radius 2 is 1.62 bits per heavy atom. The van der Waals surface area contributed by atoms with E-state index in [0.29, 0.717) is 16.7 Å². The molecule has 0 aromatic heterocycles. The number of aliphatic hydroxyl groups is 1. The molecule has 0 fully saturated rings. The monoisotopic (exact) mass is 420 g/mol. The SMILES string of the molecule is CCCCCCC(C)(C)c1cc(O)c(-c2cc(Br)ccc2CO)c(O)c1. The van der Waals surface area contributed by atoms with Crippen LogP contribution in [0.25, 0.3) is 11.1 Å². The maximum absolute atomic E-state index is 10.7. The van der Waals surface area contributed by atoms with E-state index >= 15 is 0 Å². The van der Waals surface area contributed by atoms with E-state index in [9.17, 15) is 15.3 Å². The maximum atomic E-state index is 10.7. The Balaban J connectivity index is 2.38. The Hall–Kier alpha value is -1.52. The topological polar surface area (TPSA) is 60.7 Å². The molecule has 0 aliphatic carbocycles. The molecule has 0 atom stereocenters. The molecule has 0 unspecified atom stereocenters. The van der Waals surface area contributed by atoms with E-state index in [2.05, 4.69) is 36.7 Å². The van der Waals surface area contributed by atoms with Crippen LogP contribution in [0.3, 0.4) is 0 Å². The molecule has 2 aromatic carbocycles. The maximum Gasteiger partial charge on any atom is 0.127 e. The molecular weight excluding hydrogens is 392 g/mol. The van der Waals surface area contributed by atoms with Gasteiger partial charge in [0, 0.05) is 4.47 Å². The number of benzene rings is 2. The fourth-order valence-corrected chi connectivity index (χ4v) is 3.70. The van der Waals surface area contributed by atoms with Crippen molar-refractivity contribution in [2.75, 3.05) is 0 Å². The minimum Gasteiger partial charge on any atom is -0.507 e. The van der Waals surface area contributed by atoms with Crippen molar-refractivity contribution in [3.8, 4) is 22.6 Å². The molecule has 0 radical (unpaired) electrons. The highest BCUT2D eigenvalue weighted by molar-refractivity contribution is 9.10. The second-order valence-electron chi connectivity index (χ2n) is 7.54. The summed E-state index contributed by atoms with van der Waals surface area (Å²) in [5.41, 5.74) is 2.45. The first-order chi connectivity index (χ1) is 12.3. The Labute approximate surface area is 164 Å². The van der Waals surface area contributed by atoms with Gasteiger partial charge in [0.25, 0.3) is 0 Å². The lowest BCUT2D eigenvalue weighted by Gasteiger charge is -2.26. The lowest BCUT2D eigenvalue weighted by molar-refractivity contribution is 0.282. The van der Waals surface area contributed by atoms with E-state index in [1.54, 1.807) is 24.3 Å². The Morgan fingerprint density at radius 1 is 0.962 bits per heavy atom. The number of hydrogen-bond donors (Lipinski definition) is 3. The molecule has 0 spiro atoms. The van der Waals surface area contributed by atoms with Crippen molar-refractivity contribution in [3.05, 3.63) is 45.9 Å². The summed E-state index contributed by atoms with van der Waals surface area (Å²) in [7, 11) is 0. The van der Waals surface area contributed by atoms with Crippen LogP contribution >= 0.6 is 15.9 Å². The lowest BCUT2D eigenvalue weighted by Crippen LogP contribution is -2.17. The van der Waals surface area contributed by atoms with Crippen LogP contribution in [0.4, 0.5) is 0 Å². The van der Waals surface area contributed by atoms with Crippen LogP contribution in [-0.2, 0) is 12.0 Å². The zero-order chi connectivity index (χ0) is 19.3. The first-order valence-electron chi connectivity index (χ1n) is 9.26. The smallest absolute Gasteiger partial charge is 0.127 e. The van der Waals surface area contributed by atoms with Gasteiger partial charge in [-0.25, -0.2) is 0 Å². The van der Waals surface area contributed by atoms with E-state index in [0.717, 1.165) is 22.9 Å². The molecule has 3 N–H and O–H groups in total. The Bertz CT molecular complexity index is 730. The zero-order valence-corrected chi connectivity index (χ0v) is 17.4. The minimum absolute atomic E-state index is 0.0365. The predicted molar refractivity (Wildman–Crippen MR) is 111 cm³/mol. The number of phenolic OH excluding ortho intramolecular Hbond substituents is 2. The predicted octanol–water partition coefficient (Wildman–Crippen LogP) is 6.27. The molecule has 0 aliphatic heterocycles. The van der Waals surface area contributed by atoms with Gasteiger partial charge < -0.3 is 15.3 Å². The van der Waals surface area contributed by atoms with Crippen molar-refractivity contribution in [2.24, 2.45) is 0 Å². The van der Waals surface area contributed by atoms with E-state index in [-0.39, 0.29) is 23.5 Å². The van der Waals surface area contributed by atoms with E-state index < -0.39 is 0 Å². The van der Waals surface area contributed by atoms with E-state index in [4.69, 9.17) is 0 Å². The van der Waals surface area contributed by atoms with Gasteiger partial charge in [-0.05, 0) is 52.8 Å². The summed E-state index contributed by atoms with van der Waals surface area (Å²) >= 11 is 3.41. The molecule has 142 valence electrons. The van der Waals surface area contributed by atoms with Crippen LogP contribution in [0.2, 0.25) is 0 Å². The third kappa shape index (κ3) is 4.80. The fourth-order valence-electron chi connectivity index (χ4n) is 3.34. The molecular formula is C22H29BrO3. The van der Waals surface area contributed by atoms with E-state index in [1.807, 2.05) is 6.07 Å². The lowest BCUT2D eigenvalue weighted by atomic mass is 9.79. The number of rotatable bonds is 8. The summed E-state index contributed by atoms with van der Waals surface area (Å²) in [4.78, 5) is 0. The molecule has 0 saturated carbocycles. The third-order valence-corrected chi connectivity index (χ3v) is 5.54. The van der Waals surface area contributed by atoms with Crippen LogP contribution in [0.1, 0.15) is 64.0 Å². The molecule has 0 saturated heterocycles. The number of unbranched alkanes of at least 4 members (excludes halogenated alkanes) is 3. The average Bonchev–Trinajstić information content (AvgIpc) is 2.58. The highest BCUT2D eigenvalue weighted by Crippen LogP contribution is 2.44. The van der Waals surface area contributed by atoms with Crippen LogP contribution in [0.15, 0.2) is 34.8 Å². The number of phenols is 2. The molecule has 0 bridgehead atoms. The first-order valence-corrected chi connectivity index (χ1v) is 10.1. The van der Waals surface area contributed by atoms with Gasteiger partial charge in [0.15, 0.2) is 0 Å². The number of aromatic hydroxyl groups is 2. The van der Waals surface area contributed by atoms with Gasteiger partial charge >= 0.3 is 0 Å². The zero-order valence-electron chi connectivity index (χ0n) is 15.8. The van der Waals surface area contributed by atoms with Gasteiger partial charge in [-0.2, -0.15) is 0 Å². The van der Waals surface area contributed by atoms with Crippen LogP contribution < -0.4 is 0 Å². The number of aliphatic hydroxyl groups excluding tert-OH is 1. The van der Waals surface area contributed by atoms with Gasteiger partial charge in [0.2, 0.25) is 0 Å². The molecule has 2 aromatic rings. The molecule has 4 heteroatoms. The van der Waals surface area contributed by atoms with Gasteiger partial charge in [-0.15, -0.1) is 0 Å². The van der Waals surface area contributed by atoms with E-state index in [1.165, 1.54) is 19.3 Å². The second kappa shape index (κ2) is 8.92. The van der Waals surface area contributed by atoms with Gasteiger partial charge in [0.1, 0.15) is 11.5 Å². The normalized spacial score (nSPS) is 11.7. The van der Waals surface area contributed by atoms with Gasteiger partial charge in [-0.3, -0.25) is 0 Å². The third-order valence-electron chi connectivity index (χ3n) is 5.05. The fraction of sp³-hybridized carbons (Fsp3) is 0.455. The molecule has 26 heavy (non-hydrogen) atoms. The van der Waals surface area contributed by atoms with Crippen LogP contribution in [0, 0.1) is 0 Å². The standard InChI is InChI=1S/C22H29BrO3/c1-4-5-6-7-10-22(2,3)16-11-19(25)21(20(26)12-16)18-13-17(23)9-8-15(18)14-24/h8-9,11-13,24-26H,4-7,10,14H2,1-3H3. The Kier molecular flexibility index (Phi) is 7.13. The van der Waals surface area contributed by atoms with Crippen molar-refractivity contribution in [3.63, 3.8) is 0 Å². The van der Waals surface area contributed by atoms with Gasteiger partial charge in [-0.1, -0.05) is 68.5 Å². The number of halogens is 1. The summed E-state index contributed by atoms with van der Waals surface area (Å²) in [6.07, 6.45) is 5.77. The summed E-state index contributed by atoms with van der Waals surface area (Å²) in [5, 5.41) is 30.9. The van der Waals surface area contributed by atoms with Crippen LogP contribution in [-0.4, -0.2) is 15.3 Å². The summed E-state index contributed by atoms with van der Waals surface area (Å²) < 4.78 is 0.823. The molecule has 2 rings (SSSR count). The minimum atomic E-state index is -0.161. The summed E-state index contributed by atoms with van der Waals surface area (Å²) in [6, 6.07) is 8.91. The van der Waals surface area contributed by atoms with Crippen LogP contribution in [0.5, 0.6) is 11.5 Å². The van der Waals surface area contributed by atoms with Crippen molar-refractivity contribution in [1.29, 1.82) is 0 Å². The number of hydrogen-bond acceptors (Lipinski definition) is 3. The summed E-state index contributed by atoms with van der Waals surface area (Å²) in [5.74, 6) is 0.0730. The van der Waals surface area contributed by atoms with Gasteiger partial charge in [0.05, 0.1) is 12.2 Å². The van der Waals surface area contributed by atoms with Crippen molar-refractivity contribution < 1.29 is 15.3 Å². The second-order valence-corrected chi connectivity index (χ2v) is 8.46. The first kappa shape index (κ1) is 20.8. The Morgan fingerprint density at radius 3 is 2.19 bits per heavy atom. The van der Waals surface area contributed by atoms with Crippen molar-refractivity contribution in [2.45, 2.75) is 64.9 Å². The molecule has 0 heterocycles. The molecule has 0 aliphatic rings. The molecule has 3 nitrogen and oxygen atoms in total. The van der Waals surface area contributed by atoms with Crippen molar-refractivity contribution in [1.82, 2.24) is 0 Å². The highest BCUT2D eigenvalue weighted by atomic mass is 79.9. The quantitative estimate of drug-likeness (QED) is 0.441. The molecule has 0 amide bonds.